The highest BCUT2D eigenvalue weighted by Crippen LogP contribution is 2.32. The molecule has 1 heterocycles. The van der Waals surface area contributed by atoms with Crippen molar-refractivity contribution in [2.24, 2.45) is 5.92 Å². The molecule has 2 unspecified atom stereocenters. The number of nitrogens with one attached hydrogen (secondary N) is 1. The first kappa shape index (κ1) is 14.5. The van der Waals surface area contributed by atoms with Crippen molar-refractivity contribution >= 4 is 17.2 Å². The van der Waals surface area contributed by atoms with E-state index in [-0.39, 0.29) is 12.5 Å². The van der Waals surface area contributed by atoms with Crippen LogP contribution >= 0.6 is 11.3 Å². The number of aliphatic hydroxyl groups is 1. The van der Waals surface area contributed by atoms with E-state index in [1.54, 1.807) is 11.3 Å². The van der Waals surface area contributed by atoms with Crippen LogP contribution in [-0.4, -0.2) is 23.2 Å². The lowest BCUT2D eigenvalue weighted by molar-refractivity contribution is 0.0851. The Hall–Kier alpha value is -0.870. The van der Waals surface area contributed by atoms with Crippen molar-refractivity contribution in [1.82, 2.24) is 5.32 Å². The third-order valence-electron chi connectivity index (χ3n) is 4.10. The molecule has 0 saturated heterocycles. The molecule has 0 saturated carbocycles. The lowest BCUT2D eigenvalue weighted by Crippen LogP contribution is -2.48. The number of carbonyl (C=O) groups excluding carboxylic acids is 1. The Kier molecular flexibility index (Phi) is 4.31. The Morgan fingerprint density at radius 2 is 2.37 bits per heavy atom. The van der Waals surface area contributed by atoms with Gasteiger partial charge in [0.2, 0.25) is 0 Å². The highest BCUT2D eigenvalue weighted by molar-refractivity contribution is 7.14. The van der Waals surface area contributed by atoms with Crippen LogP contribution in [0.15, 0.2) is 6.07 Å². The number of hydrogen-bond donors (Lipinski definition) is 2. The minimum atomic E-state index is -0.519. The van der Waals surface area contributed by atoms with Gasteiger partial charge >= 0.3 is 0 Å². The van der Waals surface area contributed by atoms with Crippen LogP contribution in [0.2, 0.25) is 0 Å². The average Bonchev–Trinajstić information content (AvgIpc) is 2.81. The molecule has 0 bridgehead atoms. The predicted molar refractivity (Wildman–Crippen MR) is 78.8 cm³/mol. The van der Waals surface area contributed by atoms with Gasteiger partial charge in [-0.3, -0.25) is 4.79 Å². The summed E-state index contributed by atoms with van der Waals surface area (Å²) in [4.78, 5) is 14.4. The molecule has 2 rings (SSSR count). The van der Waals surface area contributed by atoms with Gasteiger partial charge in [-0.15, -0.1) is 11.3 Å². The second kappa shape index (κ2) is 5.63. The number of aliphatic hydroxyl groups excluding tert-OH is 1. The van der Waals surface area contributed by atoms with E-state index < -0.39 is 5.54 Å². The number of aryl methyl sites for hydroxylation is 1. The Balaban J connectivity index is 2.12. The molecule has 1 aliphatic rings. The van der Waals surface area contributed by atoms with Gasteiger partial charge in [0, 0.05) is 4.88 Å². The fourth-order valence-electron chi connectivity index (χ4n) is 2.39. The molecule has 0 spiro atoms. The second-order valence-corrected chi connectivity index (χ2v) is 7.07. The molecule has 1 aromatic heterocycles. The van der Waals surface area contributed by atoms with Gasteiger partial charge in [0.1, 0.15) is 0 Å². The smallest absolute Gasteiger partial charge is 0.261 e. The SMILES string of the molecule is CCC(C)(CO)NC(=O)c1cc2c(s1)CCC(C)C2. The number of amides is 1. The maximum atomic E-state index is 12.3. The summed E-state index contributed by atoms with van der Waals surface area (Å²) in [7, 11) is 0. The monoisotopic (exact) mass is 281 g/mol. The molecule has 1 aromatic rings. The first-order valence-corrected chi connectivity index (χ1v) is 7.84. The first-order valence-electron chi connectivity index (χ1n) is 7.02. The Morgan fingerprint density at radius 3 is 3.00 bits per heavy atom. The van der Waals surface area contributed by atoms with E-state index in [9.17, 15) is 9.90 Å². The van der Waals surface area contributed by atoms with Gasteiger partial charge in [-0.1, -0.05) is 13.8 Å². The summed E-state index contributed by atoms with van der Waals surface area (Å²) < 4.78 is 0. The van der Waals surface area contributed by atoms with Crippen LogP contribution in [0.4, 0.5) is 0 Å². The van der Waals surface area contributed by atoms with Crippen LogP contribution in [0.25, 0.3) is 0 Å². The third kappa shape index (κ3) is 3.18. The standard InChI is InChI=1S/C15H23NO2S/c1-4-15(3,9-17)16-14(18)13-8-11-7-10(2)5-6-12(11)19-13/h8,10,17H,4-7,9H2,1-3H3,(H,16,18). The molecule has 2 atom stereocenters. The zero-order valence-electron chi connectivity index (χ0n) is 12.0. The van der Waals surface area contributed by atoms with Crippen LogP contribution in [0.1, 0.15) is 53.7 Å². The maximum absolute atomic E-state index is 12.3. The topological polar surface area (TPSA) is 49.3 Å². The van der Waals surface area contributed by atoms with Gasteiger partial charge in [-0.2, -0.15) is 0 Å². The average molecular weight is 281 g/mol. The van der Waals surface area contributed by atoms with E-state index in [1.807, 2.05) is 19.9 Å². The first-order chi connectivity index (χ1) is 8.97. The summed E-state index contributed by atoms with van der Waals surface area (Å²) in [6, 6.07) is 2.04. The van der Waals surface area contributed by atoms with Gasteiger partial charge in [-0.05, 0) is 50.2 Å². The predicted octanol–water partition coefficient (Wildman–Crippen LogP) is 2.76. The highest BCUT2D eigenvalue weighted by atomic mass is 32.1. The van der Waals surface area contributed by atoms with Crippen LogP contribution < -0.4 is 5.32 Å². The van der Waals surface area contributed by atoms with E-state index in [2.05, 4.69) is 12.2 Å². The molecule has 1 amide bonds. The van der Waals surface area contributed by atoms with Crippen molar-refractivity contribution in [3.63, 3.8) is 0 Å². The number of hydrogen-bond acceptors (Lipinski definition) is 3. The van der Waals surface area contributed by atoms with Crippen molar-refractivity contribution in [3.05, 3.63) is 21.4 Å². The van der Waals surface area contributed by atoms with E-state index in [0.717, 1.165) is 30.1 Å². The van der Waals surface area contributed by atoms with E-state index >= 15 is 0 Å². The van der Waals surface area contributed by atoms with Gasteiger partial charge in [0.15, 0.2) is 0 Å². The Labute approximate surface area is 119 Å². The van der Waals surface area contributed by atoms with Crippen molar-refractivity contribution in [2.75, 3.05) is 6.61 Å². The molecular formula is C15H23NO2S. The van der Waals surface area contributed by atoms with Gasteiger partial charge in [-0.25, -0.2) is 0 Å². The molecule has 19 heavy (non-hydrogen) atoms. The zero-order chi connectivity index (χ0) is 14.0. The van der Waals surface area contributed by atoms with Crippen LogP contribution in [-0.2, 0) is 12.8 Å². The lowest BCUT2D eigenvalue weighted by atomic mass is 9.90. The molecule has 106 valence electrons. The van der Waals surface area contributed by atoms with Crippen LogP contribution in [0.5, 0.6) is 0 Å². The minimum Gasteiger partial charge on any atom is -0.394 e. The maximum Gasteiger partial charge on any atom is 0.261 e. The summed E-state index contributed by atoms with van der Waals surface area (Å²) in [5, 5.41) is 12.3. The van der Waals surface area contributed by atoms with E-state index in [1.165, 1.54) is 16.9 Å². The molecule has 3 nitrogen and oxygen atoms in total. The Morgan fingerprint density at radius 1 is 1.63 bits per heavy atom. The van der Waals surface area contributed by atoms with Crippen LogP contribution in [0.3, 0.4) is 0 Å². The molecule has 4 heteroatoms. The molecule has 0 aromatic carbocycles. The highest BCUT2D eigenvalue weighted by Gasteiger charge is 2.26. The summed E-state index contributed by atoms with van der Waals surface area (Å²) in [6.45, 7) is 6.08. The summed E-state index contributed by atoms with van der Waals surface area (Å²) in [5.41, 5.74) is 0.825. The van der Waals surface area contributed by atoms with Crippen molar-refractivity contribution in [2.45, 2.75) is 52.0 Å². The molecule has 1 aliphatic carbocycles. The van der Waals surface area contributed by atoms with Gasteiger partial charge in [0.05, 0.1) is 17.0 Å². The Bertz CT molecular complexity index is 463. The lowest BCUT2D eigenvalue weighted by Gasteiger charge is -2.26. The van der Waals surface area contributed by atoms with Gasteiger partial charge < -0.3 is 10.4 Å². The van der Waals surface area contributed by atoms with Crippen molar-refractivity contribution in [1.29, 1.82) is 0 Å². The molecule has 0 aliphatic heterocycles. The fourth-order valence-corrected chi connectivity index (χ4v) is 3.50. The molecule has 0 fully saturated rings. The van der Waals surface area contributed by atoms with Crippen LogP contribution in [0, 0.1) is 5.92 Å². The van der Waals surface area contributed by atoms with E-state index in [0.29, 0.717) is 0 Å². The fraction of sp³-hybridized carbons (Fsp3) is 0.667. The third-order valence-corrected chi connectivity index (χ3v) is 5.33. The summed E-state index contributed by atoms with van der Waals surface area (Å²) >= 11 is 1.61. The van der Waals surface area contributed by atoms with E-state index in [4.69, 9.17) is 0 Å². The minimum absolute atomic E-state index is 0.0304. The number of rotatable bonds is 4. The number of thiophene rings is 1. The van der Waals surface area contributed by atoms with Crippen molar-refractivity contribution < 1.29 is 9.90 Å². The second-order valence-electron chi connectivity index (χ2n) is 5.93. The summed E-state index contributed by atoms with van der Waals surface area (Å²) in [5.74, 6) is 0.668. The molecular weight excluding hydrogens is 258 g/mol. The number of fused-ring (bicyclic) bond motifs is 1. The molecule has 0 radical (unpaired) electrons. The number of carbonyl (C=O) groups is 1. The molecule has 2 N–H and O–H groups in total. The normalized spacial score (nSPS) is 21.6. The largest absolute Gasteiger partial charge is 0.394 e. The zero-order valence-corrected chi connectivity index (χ0v) is 12.8. The van der Waals surface area contributed by atoms with Crippen molar-refractivity contribution in [3.8, 4) is 0 Å². The van der Waals surface area contributed by atoms with Gasteiger partial charge in [0.25, 0.3) is 5.91 Å². The quantitative estimate of drug-likeness (QED) is 0.891. The summed E-state index contributed by atoms with van der Waals surface area (Å²) in [6.07, 6.45) is 4.12.